The summed E-state index contributed by atoms with van der Waals surface area (Å²) in [6.07, 6.45) is 3.14. The lowest BCUT2D eigenvalue weighted by molar-refractivity contribution is -0.111. The average molecular weight is 494 g/mol. The molecule has 1 amide bonds. The van der Waals surface area contributed by atoms with E-state index in [4.69, 9.17) is 21.1 Å². The Labute approximate surface area is 186 Å². The molecular weight excluding hydrogens is 476 g/mol. The number of anilines is 1. The molecule has 0 saturated carbocycles. The predicted molar refractivity (Wildman–Crippen MR) is 122 cm³/mol. The van der Waals surface area contributed by atoms with E-state index < -0.39 is 0 Å². The molecule has 0 aliphatic rings. The van der Waals surface area contributed by atoms with Gasteiger partial charge in [0, 0.05) is 21.5 Å². The SMILES string of the molecule is COc1cc(/C=C/C(=O)Nc2nc(-c3cccc(Cl)c3)c(C)s2)cc(Br)c1OC. The second-order valence-electron chi connectivity index (χ2n) is 5.99. The molecule has 150 valence electrons. The van der Waals surface area contributed by atoms with E-state index in [-0.39, 0.29) is 5.91 Å². The largest absolute Gasteiger partial charge is 0.493 e. The molecule has 0 aliphatic heterocycles. The van der Waals surface area contributed by atoms with Crippen LogP contribution in [-0.2, 0) is 4.79 Å². The van der Waals surface area contributed by atoms with Crippen molar-refractivity contribution in [2.75, 3.05) is 19.5 Å². The van der Waals surface area contributed by atoms with Crippen LogP contribution in [0.2, 0.25) is 5.02 Å². The molecule has 1 N–H and O–H groups in total. The van der Waals surface area contributed by atoms with Gasteiger partial charge in [-0.25, -0.2) is 4.98 Å². The molecule has 1 aromatic heterocycles. The van der Waals surface area contributed by atoms with E-state index in [1.54, 1.807) is 26.4 Å². The number of ether oxygens (including phenoxy) is 2. The number of nitrogens with one attached hydrogen (secondary N) is 1. The molecule has 8 heteroatoms. The molecule has 3 aromatic rings. The molecule has 5 nitrogen and oxygen atoms in total. The Morgan fingerprint density at radius 1 is 1.24 bits per heavy atom. The van der Waals surface area contributed by atoms with E-state index in [1.807, 2.05) is 37.3 Å². The number of carbonyl (C=O) groups excluding carboxylic acids is 1. The van der Waals surface area contributed by atoms with Gasteiger partial charge in [0.25, 0.3) is 0 Å². The summed E-state index contributed by atoms with van der Waals surface area (Å²) in [5.41, 5.74) is 2.51. The monoisotopic (exact) mass is 492 g/mol. The number of hydrogen-bond acceptors (Lipinski definition) is 5. The molecule has 0 bridgehead atoms. The summed E-state index contributed by atoms with van der Waals surface area (Å²) in [4.78, 5) is 17.9. The summed E-state index contributed by atoms with van der Waals surface area (Å²) >= 11 is 10.9. The van der Waals surface area contributed by atoms with Gasteiger partial charge in [-0.1, -0.05) is 23.7 Å². The first-order valence-electron chi connectivity index (χ1n) is 8.55. The van der Waals surface area contributed by atoms with Gasteiger partial charge in [0.2, 0.25) is 5.91 Å². The van der Waals surface area contributed by atoms with Crippen molar-refractivity contribution in [3.63, 3.8) is 0 Å². The molecule has 3 rings (SSSR count). The molecule has 29 heavy (non-hydrogen) atoms. The van der Waals surface area contributed by atoms with Gasteiger partial charge in [0.15, 0.2) is 16.6 Å². The minimum Gasteiger partial charge on any atom is -0.493 e. The lowest BCUT2D eigenvalue weighted by atomic mass is 10.1. The predicted octanol–water partition coefficient (Wildman–Crippen LogP) is 6.20. The number of benzene rings is 2. The van der Waals surface area contributed by atoms with Gasteiger partial charge in [0.1, 0.15) is 0 Å². The van der Waals surface area contributed by atoms with E-state index in [1.165, 1.54) is 17.4 Å². The molecule has 0 spiro atoms. The van der Waals surface area contributed by atoms with Gasteiger partial charge >= 0.3 is 0 Å². The highest BCUT2D eigenvalue weighted by molar-refractivity contribution is 9.10. The summed E-state index contributed by atoms with van der Waals surface area (Å²) in [6.45, 7) is 1.96. The zero-order chi connectivity index (χ0) is 21.0. The van der Waals surface area contributed by atoms with Crippen LogP contribution >= 0.6 is 38.9 Å². The van der Waals surface area contributed by atoms with E-state index >= 15 is 0 Å². The minimum atomic E-state index is -0.276. The fourth-order valence-corrected chi connectivity index (χ4v) is 4.36. The van der Waals surface area contributed by atoms with Crippen molar-refractivity contribution in [1.82, 2.24) is 4.98 Å². The lowest BCUT2D eigenvalue weighted by Crippen LogP contribution is -2.07. The summed E-state index contributed by atoms with van der Waals surface area (Å²) in [6, 6.07) is 11.1. The third-order valence-corrected chi connectivity index (χ3v) is 5.72. The second kappa shape index (κ2) is 9.43. The summed E-state index contributed by atoms with van der Waals surface area (Å²) in [5.74, 6) is 0.895. The van der Waals surface area contributed by atoms with Crippen LogP contribution in [0.3, 0.4) is 0 Å². The molecular formula is C21H18BrClN2O3S. The fraction of sp³-hybridized carbons (Fsp3) is 0.143. The molecule has 0 atom stereocenters. The molecule has 0 fully saturated rings. The Bertz CT molecular complexity index is 1080. The third-order valence-electron chi connectivity index (χ3n) is 4.01. The molecule has 0 saturated heterocycles. The fourth-order valence-electron chi connectivity index (χ4n) is 2.71. The maximum atomic E-state index is 12.3. The minimum absolute atomic E-state index is 0.276. The first kappa shape index (κ1) is 21.4. The number of halogens is 2. The Balaban J connectivity index is 1.75. The van der Waals surface area contributed by atoms with Gasteiger partial charge in [-0.05, 0) is 58.8 Å². The maximum Gasteiger partial charge on any atom is 0.250 e. The average Bonchev–Trinajstić information content (AvgIpc) is 3.05. The van der Waals surface area contributed by atoms with Crippen molar-refractivity contribution < 1.29 is 14.3 Å². The summed E-state index contributed by atoms with van der Waals surface area (Å²) in [7, 11) is 3.13. The van der Waals surface area contributed by atoms with Crippen LogP contribution in [0.15, 0.2) is 46.9 Å². The number of aryl methyl sites for hydroxylation is 1. The number of carbonyl (C=O) groups is 1. The van der Waals surface area contributed by atoms with Gasteiger partial charge in [-0.2, -0.15) is 0 Å². The number of nitrogens with zero attached hydrogens (tertiary/aromatic N) is 1. The van der Waals surface area contributed by atoms with Crippen molar-refractivity contribution in [2.24, 2.45) is 0 Å². The maximum absolute atomic E-state index is 12.3. The van der Waals surface area contributed by atoms with Gasteiger partial charge in [-0.15, -0.1) is 11.3 Å². The molecule has 2 aromatic carbocycles. The first-order valence-corrected chi connectivity index (χ1v) is 10.5. The quantitative estimate of drug-likeness (QED) is 0.415. The first-order chi connectivity index (χ1) is 13.9. The lowest BCUT2D eigenvalue weighted by Gasteiger charge is -2.10. The van der Waals surface area contributed by atoms with E-state index in [9.17, 15) is 4.79 Å². The normalized spacial score (nSPS) is 10.9. The van der Waals surface area contributed by atoms with Crippen LogP contribution in [0.1, 0.15) is 10.4 Å². The second-order valence-corrected chi connectivity index (χ2v) is 8.49. The Kier molecular flexibility index (Phi) is 6.95. The van der Waals surface area contributed by atoms with Crippen LogP contribution in [0.25, 0.3) is 17.3 Å². The third kappa shape index (κ3) is 5.18. The van der Waals surface area contributed by atoms with Crippen LogP contribution in [0.4, 0.5) is 5.13 Å². The van der Waals surface area contributed by atoms with Gasteiger partial charge in [0.05, 0.1) is 24.4 Å². The Hall–Kier alpha value is -2.35. The number of aromatic nitrogens is 1. The molecule has 0 radical (unpaired) electrons. The van der Waals surface area contributed by atoms with Crippen molar-refractivity contribution in [2.45, 2.75) is 6.92 Å². The molecule has 0 unspecified atom stereocenters. The highest BCUT2D eigenvalue weighted by Crippen LogP contribution is 2.36. The molecule has 0 aliphatic carbocycles. The number of rotatable bonds is 6. The van der Waals surface area contributed by atoms with Crippen LogP contribution in [0, 0.1) is 6.92 Å². The van der Waals surface area contributed by atoms with Crippen molar-refractivity contribution in [3.05, 3.63) is 62.4 Å². The zero-order valence-corrected chi connectivity index (χ0v) is 19.1. The number of thiazole rings is 1. The van der Waals surface area contributed by atoms with Crippen LogP contribution < -0.4 is 14.8 Å². The number of hydrogen-bond donors (Lipinski definition) is 1. The topological polar surface area (TPSA) is 60.5 Å². The van der Waals surface area contributed by atoms with Gasteiger partial charge < -0.3 is 9.47 Å². The zero-order valence-electron chi connectivity index (χ0n) is 16.0. The van der Waals surface area contributed by atoms with E-state index in [0.29, 0.717) is 21.7 Å². The number of amides is 1. The van der Waals surface area contributed by atoms with E-state index in [0.717, 1.165) is 26.2 Å². The van der Waals surface area contributed by atoms with Crippen molar-refractivity contribution >= 4 is 56.0 Å². The van der Waals surface area contributed by atoms with Crippen molar-refractivity contribution in [3.8, 4) is 22.8 Å². The Morgan fingerprint density at radius 3 is 2.72 bits per heavy atom. The summed E-state index contributed by atoms with van der Waals surface area (Å²) < 4.78 is 11.4. The molecule has 1 heterocycles. The standard InChI is InChI=1S/C21H18BrClN2O3S/c1-12-19(14-5-4-6-15(23)11-14)25-21(29-12)24-18(26)8-7-13-9-16(22)20(28-3)17(10-13)27-2/h4-11H,1-3H3,(H,24,25,26)/b8-7+. The van der Waals surface area contributed by atoms with Gasteiger partial charge in [-0.3, -0.25) is 10.1 Å². The summed E-state index contributed by atoms with van der Waals surface area (Å²) in [5, 5.41) is 3.98. The number of methoxy groups -OCH3 is 2. The Morgan fingerprint density at radius 2 is 2.03 bits per heavy atom. The highest BCUT2D eigenvalue weighted by Gasteiger charge is 2.12. The van der Waals surface area contributed by atoms with Crippen LogP contribution in [-0.4, -0.2) is 25.1 Å². The highest BCUT2D eigenvalue weighted by atomic mass is 79.9. The van der Waals surface area contributed by atoms with Crippen LogP contribution in [0.5, 0.6) is 11.5 Å². The van der Waals surface area contributed by atoms with E-state index in [2.05, 4.69) is 26.2 Å². The smallest absolute Gasteiger partial charge is 0.250 e. The van der Waals surface area contributed by atoms with Crippen molar-refractivity contribution in [1.29, 1.82) is 0 Å².